The lowest BCUT2D eigenvalue weighted by atomic mass is 9.82. The van der Waals surface area contributed by atoms with Crippen molar-refractivity contribution in [1.29, 1.82) is 0 Å². The summed E-state index contributed by atoms with van der Waals surface area (Å²) in [5.74, 6) is 0.716. The van der Waals surface area contributed by atoms with Crippen molar-refractivity contribution in [2.75, 3.05) is 17.7 Å². The number of ether oxygens (including phenoxy) is 1. The van der Waals surface area contributed by atoms with Gasteiger partial charge in [0.05, 0.1) is 23.7 Å². The topological polar surface area (TPSA) is 84.1 Å². The van der Waals surface area contributed by atoms with Crippen molar-refractivity contribution in [3.63, 3.8) is 0 Å². The maximum absolute atomic E-state index is 13.1. The molecule has 0 spiro atoms. The maximum atomic E-state index is 13.1. The molecule has 0 bridgehead atoms. The Morgan fingerprint density at radius 2 is 2.00 bits per heavy atom. The van der Waals surface area contributed by atoms with Crippen LogP contribution in [0.3, 0.4) is 0 Å². The molecule has 0 fully saturated rings. The predicted octanol–water partition coefficient (Wildman–Crippen LogP) is 4.57. The number of hydrogen-bond acceptors (Lipinski definition) is 6. The number of hydrogen-bond donors (Lipinski definition) is 2. The van der Waals surface area contributed by atoms with E-state index in [0.717, 1.165) is 11.3 Å². The van der Waals surface area contributed by atoms with E-state index in [1.807, 2.05) is 12.1 Å². The predicted molar refractivity (Wildman–Crippen MR) is 117 cm³/mol. The molecule has 2 aromatic rings. The number of esters is 1. The number of rotatable bonds is 6. The van der Waals surface area contributed by atoms with Gasteiger partial charge in [-0.1, -0.05) is 49.3 Å². The van der Waals surface area contributed by atoms with E-state index in [2.05, 4.69) is 29.1 Å². The third kappa shape index (κ3) is 4.67. The molecular formula is C21H24ClN3O3S. The van der Waals surface area contributed by atoms with Gasteiger partial charge in [-0.2, -0.15) is 0 Å². The molecule has 0 unspecified atom stereocenters. The SMILES string of the molecule is CCOC(=O)C1=C(C)Nc2nc(SCC(C)C)[nH]c(=O)c2[C@H]1c1ccc(Cl)cc1. The molecule has 1 atom stereocenters. The Bertz CT molecular complexity index is 999. The minimum atomic E-state index is -0.594. The van der Waals surface area contributed by atoms with Crippen LogP contribution >= 0.6 is 23.4 Å². The third-order valence-corrected chi connectivity index (χ3v) is 6.02. The fourth-order valence-electron chi connectivity index (χ4n) is 3.21. The molecular weight excluding hydrogens is 410 g/mol. The molecule has 0 saturated carbocycles. The quantitative estimate of drug-likeness (QED) is 0.394. The van der Waals surface area contributed by atoms with Crippen LogP contribution in [0.25, 0.3) is 0 Å². The Kier molecular flexibility index (Phi) is 6.70. The monoisotopic (exact) mass is 433 g/mol. The normalized spacial score (nSPS) is 15.9. The summed E-state index contributed by atoms with van der Waals surface area (Å²) in [5, 5.41) is 4.27. The lowest BCUT2D eigenvalue weighted by Crippen LogP contribution is -2.31. The first-order valence-corrected chi connectivity index (χ1v) is 10.9. The van der Waals surface area contributed by atoms with E-state index in [4.69, 9.17) is 16.3 Å². The van der Waals surface area contributed by atoms with Gasteiger partial charge in [-0.05, 0) is 37.5 Å². The van der Waals surface area contributed by atoms with E-state index in [0.29, 0.717) is 38.7 Å². The molecule has 0 saturated heterocycles. The average molecular weight is 434 g/mol. The van der Waals surface area contributed by atoms with Crippen molar-refractivity contribution < 1.29 is 9.53 Å². The zero-order valence-corrected chi connectivity index (χ0v) is 18.4. The third-order valence-electron chi connectivity index (χ3n) is 4.47. The Balaban J connectivity index is 2.15. The van der Waals surface area contributed by atoms with Gasteiger partial charge in [0.2, 0.25) is 0 Å². The second-order valence-electron chi connectivity index (χ2n) is 7.21. The highest BCUT2D eigenvalue weighted by Crippen LogP contribution is 2.40. The summed E-state index contributed by atoms with van der Waals surface area (Å²) in [6, 6.07) is 7.11. The summed E-state index contributed by atoms with van der Waals surface area (Å²) in [6.07, 6.45) is 0. The van der Waals surface area contributed by atoms with Crippen molar-refractivity contribution in [2.45, 2.75) is 38.8 Å². The first kappa shape index (κ1) is 21.5. The molecule has 0 aliphatic carbocycles. The van der Waals surface area contributed by atoms with Crippen molar-refractivity contribution in [3.05, 3.63) is 62.0 Å². The van der Waals surface area contributed by atoms with Gasteiger partial charge < -0.3 is 15.0 Å². The summed E-state index contributed by atoms with van der Waals surface area (Å²) < 4.78 is 5.27. The van der Waals surface area contributed by atoms with Gasteiger partial charge in [0, 0.05) is 16.5 Å². The van der Waals surface area contributed by atoms with Crippen LogP contribution < -0.4 is 10.9 Å². The van der Waals surface area contributed by atoms with Crippen molar-refractivity contribution >= 4 is 35.1 Å². The molecule has 29 heavy (non-hydrogen) atoms. The molecule has 1 aromatic carbocycles. The first-order valence-electron chi connectivity index (χ1n) is 9.49. The summed E-state index contributed by atoms with van der Waals surface area (Å²) in [6.45, 7) is 8.01. The number of aromatic nitrogens is 2. The number of carbonyl (C=O) groups excluding carboxylic acids is 1. The van der Waals surface area contributed by atoms with E-state index in [1.165, 1.54) is 11.8 Å². The zero-order valence-electron chi connectivity index (χ0n) is 16.8. The van der Waals surface area contributed by atoms with Gasteiger partial charge in [-0.15, -0.1) is 0 Å². The highest BCUT2D eigenvalue weighted by molar-refractivity contribution is 7.99. The number of nitrogens with one attached hydrogen (secondary N) is 2. The molecule has 2 heterocycles. The van der Waals surface area contributed by atoms with E-state index in [-0.39, 0.29) is 12.2 Å². The number of benzene rings is 1. The van der Waals surface area contributed by atoms with Gasteiger partial charge in [0.15, 0.2) is 5.16 Å². The number of halogens is 1. The summed E-state index contributed by atoms with van der Waals surface area (Å²) in [4.78, 5) is 33.3. The van der Waals surface area contributed by atoms with Gasteiger partial charge >= 0.3 is 5.97 Å². The Labute approximate surface area is 179 Å². The summed E-state index contributed by atoms with van der Waals surface area (Å²) in [5.41, 5.74) is 1.91. The van der Waals surface area contributed by atoms with E-state index >= 15 is 0 Å². The van der Waals surface area contributed by atoms with Crippen LogP contribution in [-0.4, -0.2) is 28.3 Å². The maximum Gasteiger partial charge on any atom is 0.336 e. The summed E-state index contributed by atoms with van der Waals surface area (Å²) in [7, 11) is 0. The first-order chi connectivity index (χ1) is 13.8. The second-order valence-corrected chi connectivity index (χ2v) is 8.65. The second kappa shape index (κ2) is 9.05. The van der Waals surface area contributed by atoms with Crippen molar-refractivity contribution in [2.24, 2.45) is 5.92 Å². The molecule has 6 nitrogen and oxygen atoms in total. The van der Waals surface area contributed by atoms with Crippen LogP contribution in [0.4, 0.5) is 5.82 Å². The number of aromatic amines is 1. The van der Waals surface area contributed by atoms with Crippen LogP contribution in [0.15, 0.2) is 45.5 Å². The Morgan fingerprint density at radius 1 is 1.31 bits per heavy atom. The molecule has 3 rings (SSSR count). The number of H-pyrrole nitrogens is 1. The number of nitrogens with zero attached hydrogens (tertiary/aromatic N) is 1. The minimum absolute atomic E-state index is 0.245. The Morgan fingerprint density at radius 3 is 2.62 bits per heavy atom. The van der Waals surface area contributed by atoms with E-state index in [9.17, 15) is 9.59 Å². The van der Waals surface area contributed by atoms with E-state index in [1.54, 1.807) is 26.0 Å². The fourth-order valence-corrected chi connectivity index (χ4v) is 4.15. The number of carbonyl (C=O) groups is 1. The van der Waals surface area contributed by atoms with Gasteiger partial charge in [-0.25, -0.2) is 9.78 Å². The molecule has 1 aromatic heterocycles. The molecule has 1 aliphatic heterocycles. The molecule has 0 radical (unpaired) electrons. The number of anilines is 1. The smallest absolute Gasteiger partial charge is 0.336 e. The van der Waals surface area contributed by atoms with Crippen molar-refractivity contribution in [1.82, 2.24) is 9.97 Å². The van der Waals surface area contributed by atoms with Gasteiger partial charge in [0.1, 0.15) is 5.82 Å². The highest BCUT2D eigenvalue weighted by Gasteiger charge is 2.36. The van der Waals surface area contributed by atoms with E-state index < -0.39 is 11.9 Å². The largest absolute Gasteiger partial charge is 0.463 e. The molecule has 2 N–H and O–H groups in total. The fraction of sp³-hybridized carbons (Fsp3) is 0.381. The van der Waals surface area contributed by atoms with Crippen LogP contribution in [0.1, 0.15) is 44.7 Å². The molecule has 8 heteroatoms. The van der Waals surface area contributed by atoms with Gasteiger partial charge in [0.25, 0.3) is 5.56 Å². The van der Waals surface area contributed by atoms with Crippen LogP contribution in [0.5, 0.6) is 0 Å². The molecule has 0 amide bonds. The average Bonchev–Trinajstić information content (AvgIpc) is 2.66. The summed E-state index contributed by atoms with van der Waals surface area (Å²) >= 11 is 7.54. The van der Waals surface area contributed by atoms with Crippen LogP contribution in [0.2, 0.25) is 5.02 Å². The van der Waals surface area contributed by atoms with Crippen LogP contribution in [-0.2, 0) is 9.53 Å². The number of thioether (sulfide) groups is 1. The highest BCUT2D eigenvalue weighted by atomic mass is 35.5. The number of allylic oxidation sites excluding steroid dienone is 1. The number of fused-ring (bicyclic) bond motifs is 1. The van der Waals surface area contributed by atoms with Gasteiger partial charge in [-0.3, -0.25) is 4.79 Å². The van der Waals surface area contributed by atoms with Crippen molar-refractivity contribution in [3.8, 4) is 0 Å². The molecule has 1 aliphatic rings. The Hall–Kier alpha value is -2.25. The van der Waals surface area contributed by atoms with Crippen LogP contribution in [0, 0.1) is 5.92 Å². The zero-order chi connectivity index (χ0) is 21.1. The lowest BCUT2D eigenvalue weighted by molar-refractivity contribution is -0.138. The standard InChI is InChI=1S/C21H24ClN3O3S/c1-5-28-20(27)15-12(4)23-18-17(16(15)13-6-8-14(22)9-7-13)19(26)25-21(24-18)29-10-11(2)3/h6-9,11,16H,5,10H2,1-4H3,(H2,23,24,25,26)/t16-/m0/s1. The molecule has 154 valence electrons. The minimum Gasteiger partial charge on any atom is -0.463 e. The lowest BCUT2D eigenvalue weighted by Gasteiger charge is -2.28.